The Kier molecular flexibility index (Phi) is 5.41. The van der Waals surface area contributed by atoms with E-state index in [1.54, 1.807) is 33.6 Å². The lowest BCUT2D eigenvalue weighted by Gasteiger charge is -2.14. The van der Waals surface area contributed by atoms with Crippen molar-refractivity contribution in [2.75, 3.05) is 6.61 Å². The molecule has 5 rings (SSSR count). The lowest BCUT2D eigenvalue weighted by atomic mass is 10.2. The number of aromatic nitrogens is 5. The Morgan fingerprint density at radius 3 is 3.00 bits per heavy atom. The lowest BCUT2D eigenvalue weighted by molar-refractivity contribution is 0.0953. The summed E-state index contributed by atoms with van der Waals surface area (Å²) in [5.74, 6) is 1.42. The molecular weight excluding hydrogens is 418 g/mol. The quantitative estimate of drug-likeness (QED) is 0.426. The van der Waals surface area contributed by atoms with Gasteiger partial charge in [0.1, 0.15) is 5.65 Å². The minimum Gasteiger partial charge on any atom is -0.376 e. The molecule has 4 aromatic rings. The highest BCUT2D eigenvalue weighted by Gasteiger charge is 2.22. The van der Waals surface area contributed by atoms with E-state index in [-0.39, 0.29) is 11.7 Å². The first kappa shape index (κ1) is 19.5. The van der Waals surface area contributed by atoms with Crippen molar-refractivity contribution in [3.8, 4) is 10.7 Å². The summed E-state index contributed by atoms with van der Waals surface area (Å²) in [7, 11) is 0. The largest absolute Gasteiger partial charge is 0.376 e. The average molecular weight is 440 g/mol. The van der Waals surface area contributed by atoms with Gasteiger partial charge < -0.3 is 4.74 Å². The van der Waals surface area contributed by atoms with Crippen LogP contribution in [0.1, 0.15) is 24.2 Å². The zero-order chi connectivity index (χ0) is 20.5. The normalized spacial score (nSPS) is 16.5. The predicted molar refractivity (Wildman–Crippen MR) is 118 cm³/mol. The van der Waals surface area contributed by atoms with Gasteiger partial charge >= 0.3 is 0 Å². The Morgan fingerprint density at radius 2 is 2.20 bits per heavy atom. The first-order valence-corrected chi connectivity index (χ1v) is 11.8. The molecule has 0 aromatic carbocycles. The second-order valence-electron chi connectivity index (χ2n) is 7.26. The maximum Gasteiger partial charge on any atom is 0.258 e. The van der Waals surface area contributed by atoms with E-state index in [1.165, 1.54) is 0 Å². The third-order valence-electron chi connectivity index (χ3n) is 5.15. The highest BCUT2D eigenvalue weighted by atomic mass is 32.2. The highest BCUT2D eigenvalue weighted by Crippen LogP contribution is 2.30. The summed E-state index contributed by atoms with van der Waals surface area (Å²) in [6.45, 7) is 3.45. The van der Waals surface area contributed by atoms with Crippen LogP contribution in [0, 0.1) is 6.92 Å². The van der Waals surface area contributed by atoms with E-state index in [9.17, 15) is 4.79 Å². The molecule has 0 spiro atoms. The van der Waals surface area contributed by atoms with Gasteiger partial charge in [-0.05, 0) is 43.3 Å². The number of hydrogen-bond acceptors (Lipinski definition) is 7. The highest BCUT2D eigenvalue weighted by molar-refractivity contribution is 7.98. The van der Waals surface area contributed by atoms with Crippen LogP contribution in [0.5, 0.6) is 0 Å². The van der Waals surface area contributed by atoms with Gasteiger partial charge in [0, 0.05) is 24.1 Å². The van der Waals surface area contributed by atoms with Crippen molar-refractivity contribution in [3.05, 3.63) is 63.5 Å². The first-order chi connectivity index (χ1) is 14.7. The monoisotopic (exact) mass is 439 g/mol. The second-order valence-corrected chi connectivity index (χ2v) is 9.15. The molecule has 154 valence electrons. The molecule has 1 saturated heterocycles. The molecule has 0 unspecified atom stereocenters. The van der Waals surface area contributed by atoms with E-state index in [2.05, 4.69) is 25.8 Å². The van der Waals surface area contributed by atoms with E-state index in [0.717, 1.165) is 53.2 Å². The molecule has 0 N–H and O–H groups in total. The van der Waals surface area contributed by atoms with Gasteiger partial charge in [-0.25, -0.2) is 4.98 Å². The van der Waals surface area contributed by atoms with E-state index in [4.69, 9.17) is 4.74 Å². The third kappa shape index (κ3) is 3.80. The molecule has 0 aliphatic carbocycles. The summed E-state index contributed by atoms with van der Waals surface area (Å²) < 4.78 is 9.62. The molecule has 0 bridgehead atoms. The van der Waals surface area contributed by atoms with Crippen LogP contribution in [0.2, 0.25) is 0 Å². The van der Waals surface area contributed by atoms with Crippen molar-refractivity contribution in [2.24, 2.45) is 0 Å². The van der Waals surface area contributed by atoms with Crippen molar-refractivity contribution in [2.45, 2.75) is 43.3 Å². The summed E-state index contributed by atoms with van der Waals surface area (Å²) in [6, 6.07) is 11.4. The zero-order valence-corrected chi connectivity index (χ0v) is 18.2. The number of thiophene rings is 1. The fraction of sp³-hybridized carbons (Fsp3) is 0.333. The Balaban J connectivity index is 1.43. The molecular formula is C21H21N5O2S2. The minimum absolute atomic E-state index is 0.0613. The Hall–Kier alpha value is -2.49. The maximum absolute atomic E-state index is 12.6. The number of pyridine rings is 1. The van der Waals surface area contributed by atoms with Gasteiger partial charge in [-0.1, -0.05) is 23.9 Å². The van der Waals surface area contributed by atoms with Gasteiger partial charge in [-0.3, -0.25) is 13.8 Å². The predicted octanol–water partition coefficient (Wildman–Crippen LogP) is 3.79. The van der Waals surface area contributed by atoms with Gasteiger partial charge in [0.05, 0.1) is 23.2 Å². The smallest absolute Gasteiger partial charge is 0.258 e. The summed E-state index contributed by atoms with van der Waals surface area (Å²) in [5.41, 5.74) is 2.22. The number of fused-ring (bicyclic) bond motifs is 1. The maximum atomic E-state index is 12.6. The van der Waals surface area contributed by atoms with Gasteiger partial charge in [-0.15, -0.1) is 21.5 Å². The van der Waals surface area contributed by atoms with Gasteiger partial charge in [0.25, 0.3) is 5.56 Å². The molecule has 30 heavy (non-hydrogen) atoms. The molecule has 7 nitrogen and oxygen atoms in total. The number of rotatable bonds is 6. The Bertz CT molecular complexity index is 1230. The van der Waals surface area contributed by atoms with E-state index in [1.807, 2.05) is 36.6 Å². The molecule has 1 aliphatic rings. The van der Waals surface area contributed by atoms with Crippen LogP contribution < -0.4 is 5.56 Å². The summed E-state index contributed by atoms with van der Waals surface area (Å²) in [4.78, 5) is 18.3. The molecule has 1 fully saturated rings. The fourth-order valence-corrected chi connectivity index (χ4v) is 5.27. The van der Waals surface area contributed by atoms with Crippen LogP contribution >= 0.6 is 23.1 Å². The number of ether oxygens (including phenoxy) is 1. The molecule has 5 heterocycles. The number of thioether (sulfide) groups is 1. The van der Waals surface area contributed by atoms with Crippen molar-refractivity contribution in [1.82, 2.24) is 24.1 Å². The summed E-state index contributed by atoms with van der Waals surface area (Å²) >= 11 is 3.20. The number of aryl methyl sites for hydroxylation is 1. The van der Waals surface area contributed by atoms with Crippen molar-refractivity contribution >= 4 is 28.7 Å². The molecule has 0 saturated carbocycles. The number of hydrogen-bond donors (Lipinski definition) is 0. The molecule has 0 radical (unpaired) electrons. The molecule has 0 amide bonds. The fourth-order valence-electron chi connectivity index (χ4n) is 3.72. The van der Waals surface area contributed by atoms with Crippen LogP contribution in [0.3, 0.4) is 0 Å². The van der Waals surface area contributed by atoms with Gasteiger partial charge in [-0.2, -0.15) is 0 Å². The van der Waals surface area contributed by atoms with Crippen LogP contribution in [0.25, 0.3) is 16.3 Å². The average Bonchev–Trinajstić information content (AvgIpc) is 3.49. The summed E-state index contributed by atoms with van der Waals surface area (Å²) in [6.07, 6.45) is 2.33. The second kappa shape index (κ2) is 8.33. The minimum atomic E-state index is -0.0613. The first-order valence-electron chi connectivity index (χ1n) is 9.89. The molecule has 4 aromatic heterocycles. The van der Waals surface area contributed by atoms with E-state index < -0.39 is 0 Å². The van der Waals surface area contributed by atoms with Crippen LogP contribution in [-0.4, -0.2) is 36.9 Å². The van der Waals surface area contributed by atoms with Crippen LogP contribution in [0.15, 0.2) is 51.7 Å². The Labute approximate surface area is 181 Å². The van der Waals surface area contributed by atoms with Gasteiger partial charge in [0.2, 0.25) is 0 Å². The topological polar surface area (TPSA) is 74.3 Å². The van der Waals surface area contributed by atoms with Crippen LogP contribution in [0.4, 0.5) is 0 Å². The third-order valence-corrected chi connectivity index (χ3v) is 7.02. The SMILES string of the molecule is Cc1cccc2nc(CSc3nnc(-c4cccs4)n3C[C@H]3CCCO3)cc(=O)n12. The van der Waals surface area contributed by atoms with Crippen molar-refractivity contribution in [3.63, 3.8) is 0 Å². The molecule has 1 atom stereocenters. The standard InChI is InChI=1S/C21H21N5O2S2/c1-14-5-2-8-18-22-15(11-19(27)26(14)18)13-30-21-24-23-20(17-7-4-10-29-17)25(21)12-16-6-3-9-28-16/h2,4-5,7-8,10-11,16H,3,6,9,12-13H2,1H3/t16-/m1/s1. The number of nitrogens with zero attached hydrogens (tertiary/aromatic N) is 5. The Morgan fingerprint density at radius 1 is 1.27 bits per heavy atom. The summed E-state index contributed by atoms with van der Waals surface area (Å²) in [5, 5.41) is 11.8. The van der Waals surface area contributed by atoms with Gasteiger partial charge in [0.15, 0.2) is 11.0 Å². The van der Waals surface area contributed by atoms with E-state index in [0.29, 0.717) is 11.4 Å². The lowest BCUT2D eigenvalue weighted by Crippen LogP contribution is -2.18. The molecule has 9 heteroatoms. The van der Waals surface area contributed by atoms with Crippen molar-refractivity contribution in [1.29, 1.82) is 0 Å². The van der Waals surface area contributed by atoms with Crippen molar-refractivity contribution < 1.29 is 4.74 Å². The molecule has 1 aliphatic heterocycles. The van der Waals surface area contributed by atoms with E-state index >= 15 is 0 Å². The van der Waals surface area contributed by atoms with Crippen LogP contribution in [-0.2, 0) is 17.0 Å². The zero-order valence-electron chi connectivity index (χ0n) is 16.5.